The first kappa shape index (κ1) is 20.3. The van der Waals surface area contributed by atoms with Crippen LogP contribution >= 0.6 is 11.6 Å². The molecule has 0 bridgehead atoms. The minimum absolute atomic E-state index is 0.0286. The summed E-state index contributed by atoms with van der Waals surface area (Å²) in [7, 11) is 0. The van der Waals surface area contributed by atoms with E-state index in [1.54, 1.807) is 12.1 Å². The highest BCUT2D eigenvalue weighted by Crippen LogP contribution is 2.25. The van der Waals surface area contributed by atoms with Crippen molar-refractivity contribution in [1.82, 2.24) is 14.9 Å². The molecular weight excluding hydrogens is 424 g/mol. The number of aromatic amines is 1. The third-order valence-electron chi connectivity index (χ3n) is 5.79. The smallest absolute Gasteiger partial charge is 0.254 e. The Morgan fingerprint density at radius 2 is 1.62 bits per heavy atom. The molecule has 0 aliphatic carbocycles. The summed E-state index contributed by atoms with van der Waals surface area (Å²) in [6.07, 6.45) is 1.81. The number of rotatable bonds is 3. The molecule has 1 aliphatic rings. The van der Waals surface area contributed by atoms with Crippen molar-refractivity contribution in [1.29, 1.82) is 0 Å². The molecule has 6 nitrogen and oxygen atoms in total. The van der Waals surface area contributed by atoms with Crippen LogP contribution in [0.4, 0.5) is 5.82 Å². The number of anilines is 1. The summed E-state index contributed by atoms with van der Waals surface area (Å²) in [6, 6.07) is 20.5. The van der Waals surface area contributed by atoms with Gasteiger partial charge in [0.05, 0.1) is 0 Å². The van der Waals surface area contributed by atoms with Crippen molar-refractivity contribution >= 4 is 34.2 Å². The predicted molar refractivity (Wildman–Crippen MR) is 127 cm³/mol. The van der Waals surface area contributed by atoms with E-state index in [9.17, 15) is 9.59 Å². The number of pyridine rings is 2. The Kier molecular flexibility index (Phi) is 5.37. The maximum Gasteiger partial charge on any atom is 0.254 e. The molecule has 1 amide bonds. The largest absolute Gasteiger partial charge is 0.353 e. The Hall–Kier alpha value is -3.64. The number of H-pyrrole nitrogens is 1. The topological polar surface area (TPSA) is 69.3 Å². The first-order valence-corrected chi connectivity index (χ1v) is 10.8. The van der Waals surface area contributed by atoms with Gasteiger partial charge in [0, 0.05) is 54.5 Å². The van der Waals surface area contributed by atoms with Crippen LogP contribution in [0.2, 0.25) is 5.02 Å². The molecule has 160 valence electrons. The van der Waals surface area contributed by atoms with Gasteiger partial charge in [-0.1, -0.05) is 29.8 Å². The summed E-state index contributed by atoms with van der Waals surface area (Å²) in [6.45, 7) is 2.62. The number of carbonyl (C=O) groups is 1. The Bertz CT molecular complexity index is 1340. The van der Waals surface area contributed by atoms with Gasteiger partial charge in [0.1, 0.15) is 5.82 Å². The molecule has 2 aromatic carbocycles. The second-order valence-electron chi connectivity index (χ2n) is 7.81. The van der Waals surface area contributed by atoms with Crippen LogP contribution in [0.25, 0.3) is 22.0 Å². The number of nitrogens with zero attached hydrogens (tertiary/aromatic N) is 3. The van der Waals surface area contributed by atoms with Gasteiger partial charge >= 0.3 is 0 Å². The lowest BCUT2D eigenvalue weighted by Gasteiger charge is -2.35. The van der Waals surface area contributed by atoms with Crippen LogP contribution in [0.15, 0.2) is 77.7 Å². The number of piperazine rings is 1. The van der Waals surface area contributed by atoms with Crippen molar-refractivity contribution in [2.75, 3.05) is 31.1 Å². The van der Waals surface area contributed by atoms with Crippen LogP contribution in [0.5, 0.6) is 0 Å². The van der Waals surface area contributed by atoms with E-state index >= 15 is 0 Å². The zero-order valence-corrected chi connectivity index (χ0v) is 18.0. The molecular formula is C25H21ClN4O2. The van der Waals surface area contributed by atoms with Crippen LogP contribution in [0.1, 0.15) is 10.4 Å². The van der Waals surface area contributed by atoms with E-state index in [2.05, 4.69) is 20.9 Å². The summed E-state index contributed by atoms with van der Waals surface area (Å²) < 4.78 is 0. The number of nitrogens with one attached hydrogen (secondary N) is 1. The van der Waals surface area contributed by atoms with Crippen molar-refractivity contribution in [2.24, 2.45) is 0 Å². The highest BCUT2D eigenvalue weighted by Gasteiger charge is 2.23. The van der Waals surface area contributed by atoms with Crippen LogP contribution < -0.4 is 10.5 Å². The average molecular weight is 445 g/mol. The maximum absolute atomic E-state index is 13.0. The second-order valence-corrected chi connectivity index (χ2v) is 8.25. The van der Waals surface area contributed by atoms with Gasteiger partial charge in [-0.2, -0.15) is 0 Å². The zero-order valence-electron chi connectivity index (χ0n) is 17.3. The van der Waals surface area contributed by atoms with Crippen molar-refractivity contribution < 1.29 is 4.79 Å². The molecule has 1 aliphatic heterocycles. The summed E-state index contributed by atoms with van der Waals surface area (Å²) in [5, 5.41) is 1.61. The molecule has 2 aromatic heterocycles. The monoisotopic (exact) mass is 444 g/mol. The Morgan fingerprint density at radius 1 is 0.875 bits per heavy atom. The normalized spacial score (nSPS) is 14.0. The number of aromatic nitrogens is 2. The van der Waals surface area contributed by atoms with Gasteiger partial charge in [0.25, 0.3) is 5.91 Å². The second kappa shape index (κ2) is 8.48. The minimum atomic E-state index is -0.177. The van der Waals surface area contributed by atoms with Gasteiger partial charge in [0.15, 0.2) is 0 Å². The van der Waals surface area contributed by atoms with Crippen molar-refractivity contribution in [3.63, 3.8) is 0 Å². The lowest BCUT2D eigenvalue weighted by Crippen LogP contribution is -2.49. The molecule has 0 spiro atoms. The summed E-state index contributed by atoms with van der Waals surface area (Å²) in [5.74, 6) is 0.868. The molecule has 0 unspecified atom stereocenters. The molecule has 0 saturated carbocycles. The standard InChI is InChI=1S/C25H21ClN4O2/c26-21-6-3-17(4-7-21)19-9-10-27-23(16-19)29-11-13-30(14-12-29)25(32)20-2-1-18-5-8-24(31)28-22(18)15-20/h1-10,15-16H,11-14H2,(H,28,31). The lowest BCUT2D eigenvalue weighted by molar-refractivity contribution is 0.0746. The van der Waals surface area contributed by atoms with E-state index < -0.39 is 0 Å². The van der Waals surface area contributed by atoms with Crippen molar-refractivity contribution in [2.45, 2.75) is 0 Å². The fourth-order valence-electron chi connectivity index (χ4n) is 4.02. The van der Waals surface area contributed by atoms with E-state index in [-0.39, 0.29) is 11.5 Å². The quantitative estimate of drug-likeness (QED) is 0.514. The van der Waals surface area contributed by atoms with Crippen LogP contribution in [0, 0.1) is 0 Å². The third-order valence-corrected chi connectivity index (χ3v) is 6.04. The van der Waals surface area contributed by atoms with Crippen LogP contribution in [-0.4, -0.2) is 47.0 Å². The third kappa shape index (κ3) is 4.09. The van der Waals surface area contributed by atoms with E-state index in [4.69, 9.17) is 11.6 Å². The van der Waals surface area contributed by atoms with Gasteiger partial charge in [-0.25, -0.2) is 4.98 Å². The number of hydrogen-bond donors (Lipinski definition) is 1. The number of amides is 1. The number of fused-ring (bicyclic) bond motifs is 1. The van der Waals surface area contributed by atoms with Gasteiger partial charge in [-0.15, -0.1) is 0 Å². The van der Waals surface area contributed by atoms with E-state index in [1.807, 2.05) is 53.6 Å². The van der Waals surface area contributed by atoms with Crippen molar-refractivity contribution in [3.05, 3.63) is 93.9 Å². The molecule has 1 N–H and O–H groups in total. The van der Waals surface area contributed by atoms with Gasteiger partial charge in [0.2, 0.25) is 5.56 Å². The molecule has 4 aromatic rings. The van der Waals surface area contributed by atoms with Crippen LogP contribution in [-0.2, 0) is 0 Å². The number of hydrogen-bond acceptors (Lipinski definition) is 4. The minimum Gasteiger partial charge on any atom is -0.353 e. The first-order chi connectivity index (χ1) is 15.6. The molecule has 0 atom stereocenters. The van der Waals surface area contributed by atoms with Crippen LogP contribution in [0.3, 0.4) is 0 Å². The Balaban J connectivity index is 1.29. The summed E-state index contributed by atoms with van der Waals surface area (Å²) >= 11 is 6.00. The zero-order chi connectivity index (χ0) is 22.1. The predicted octanol–water partition coefficient (Wildman–Crippen LogP) is 4.21. The molecule has 32 heavy (non-hydrogen) atoms. The Labute approximate surface area is 190 Å². The number of benzene rings is 2. The van der Waals surface area contributed by atoms with Gasteiger partial charge in [-0.05, 0) is 59.0 Å². The average Bonchev–Trinajstić information content (AvgIpc) is 2.84. The highest BCUT2D eigenvalue weighted by atomic mass is 35.5. The molecule has 1 fully saturated rings. The molecule has 7 heteroatoms. The molecule has 0 radical (unpaired) electrons. The Morgan fingerprint density at radius 3 is 2.41 bits per heavy atom. The first-order valence-electron chi connectivity index (χ1n) is 10.5. The summed E-state index contributed by atoms with van der Waals surface area (Å²) in [4.78, 5) is 36.0. The molecule has 5 rings (SSSR count). The fourth-order valence-corrected chi connectivity index (χ4v) is 4.14. The SMILES string of the molecule is O=C(c1ccc2ccc(=O)[nH]c2c1)N1CCN(c2cc(-c3ccc(Cl)cc3)ccn2)CC1. The summed E-state index contributed by atoms with van der Waals surface area (Å²) in [5.41, 5.74) is 3.24. The maximum atomic E-state index is 13.0. The van der Waals surface area contributed by atoms with Gasteiger partial charge < -0.3 is 14.8 Å². The van der Waals surface area contributed by atoms with Crippen molar-refractivity contribution in [3.8, 4) is 11.1 Å². The highest BCUT2D eigenvalue weighted by molar-refractivity contribution is 6.30. The number of carbonyl (C=O) groups excluding carboxylic acids is 1. The fraction of sp³-hybridized carbons (Fsp3) is 0.160. The lowest BCUT2D eigenvalue weighted by atomic mass is 10.1. The van der Waals surface area contributed by atoms with E-state index in [0.29, 0.717) is 42.3 Å². The number of halogens is 1. The van der Waals surface area contributed by atoms with Gasteiger partial charge in [-0.3, -0.25) is 9.59 Å². The van der Waals surface area contributed by atoms with E-state index in [1.165, 1.54) is 6.07 Å². The molecule has 1 saturated heterocycles. The molecule has 3 heterocycles. The van der Waals surface area contributed by atoms with E-state index in [0.717, 1.165) is 22.3 Å².